The van der Waals surface area contributed by atoms with Gasteiger partial charge in [0.05, 0.1) is 31.0 Å². The second-order valence-corrected chi connectivity index (χ2v) is 8.78. The van der Waals surface area contributed by atoms with Crippen LogP contribution in [0.3, 0.4) is 0 Å². The molecule has 7 nitrogen and oxygen atoms in total. The van der Waals surface area contributed by atoms with Crippen LogP contribution in [0.1, 0.15) is 40.7 Å². The van der Waals surface area contributed by atoms with Gasteiger partial charge in [-0.1, -0.05) is 36.4 Å². The van der Waals surface area contributed by atoms with Crippen LogP contribution >= 0.6 is 0 Å². The van der Waals surface area contributed by atoms with Crippen LogP contribution in [0.2, 0.25) is 0 Å². The molecule has 184 valence electrons. The van der Waals surface area contributed by atoms with Crippen molar-refractivity contribution in [2.75, 3.05) is 24.7 Å². The van der Waals surface area contributed by atoms with Gasteiger partial charge in [0.2, 0.25) is 0 Å². The predicted molar refractivity (Wildman–Crippen MR) is 134 cm³/mol. The van der Waals surface area contributed by atoms with Crippen molar-refractivity contribution in [1.29, 1.82) is 0 Å². The number of ketones is 1. The van der Waals surface area contributed by atoms with E-state index in [2.05, 4.69) is 0 Å². The molecular formula is C29H27NO6. The quantitative estimate of drug-likeness (QED) is 0.368. The first-order valence-electron chi connectivity index (χ1n) is 12.2. The lowest BCUT2D eigenvalue weighted by atomic mass is 10.0. The first kappa shape index (κ1) is 23.6. The Bertz CT molecular complexity index is 1250. The zero-order valence-corrected chi connectivity index (χ0v) is 19.9. The van der Waals surface area contributed by atoms with Gasteiger partial charge < -0.3 is 14.2 Å². The molecule has 2 aliphatic heterocycles. The summed E-state index contributed by atoms with van der Waals surface area (Å²) in [6.45, 7) is 0.691. The van der Waals surface area contributed by atoms with E-state index in [9.17, 15) is 14.4 Å². The number of para-hydroxylation sites is 2. The monoisotopic (exact) mass is 485 g/mol. The summed E-state index contributed by atoms with van der Waals surface area (Å²) < 4.78 is 16.5. The van der Waals surface area contributed by atoms with Crippen LogP contribution in [-0.4, -0.2) is 37.5 Å². The van der Waals surface area contributed by atoms with Crippen molar-refractivity contribution < 1.29 is 28.6 Å². The molecule has 0 spiro atoms. The summed E-state index contributed by atoms with van der Waals surface area (Å²) >= 11 is 0. The first-order chi connectivity index (χ1) is 17.6. The molecule has 0 N–H and O–H groups in total. The van der Waals surface area contributed by atoms with E-state index in [0.29, 0.717) is 30.3 Å². The molecule has 0 aromatic heterocycles. The van der Waals surface area contributed by atoms with Gasteiger partial charge in [-0.15, -0.1) is 0 Å². The lowest BCUT2D eigenvalue weighted by Crippen LogP contribution is -2.31. The summed E-state index contributed by atoms with van der Waals surface area (Å²) in [6, 6.07) is 20.6. The molecule has 1 amide bonds. The van der Waals surface area contributed by atoms with Crippen molar-refractivity contribution in [3.8, 4) is 11.5 Å². The van der Waals surface area contributed by atoms with E-state index in [4.69, 9.17) is 14.2 Å². The topological polar surface area (TPSA) is 82.1 Å². The molecule has 7 heteroatoms. The summed E-state index contributed by atoms with van der Waals surface area (Å²) in [5.74, 6) is 0.00859. The van der Waals surface area contributed by atoms with Crippen LogP contribution in [0.25, 0.3) is 0 Å². The highest BCUT2D eigenvalue weighted by molar-refractivity contribution is 6.03. The third-order valence-corrected chi connectivity index (χ3v) is 6.36. The van der Waals surface area contributed by atoms with E-state index in [1.54, 1.807) is 23.1 Å². The molecule has 0 fully saturated rings. The predicted octanol–water partition coefficient (Wildman–Crippen LogP) is 4.82. The fourth-order valence-electron chi connectivity index (χ4n) is 4.52. The van der Waals surface area contributed by atoms with Gasteiger partial charge in [-0.05, 0) is 54.3 Å². The highest BCUT2D eigenvalue weighted by atomic mass is 16.5. The number of rotatable bonds is 6. The molecule has 36 heavy (non-hydrogen) atoms. The second kappa shape index (κ2) is 10.6. The molecule has 0 saturated heterocycles. The van der Waals surface area contributed by atoms with Gasteiger partial charge in [-0.2, -0.15) is 0 Å². The maximum atomic E-state index is 13.3. The molecule has 0 radical (unpaired) electrons. The molecule has 3 aromatic carbocycles. The van der Waals surface area contributed by atoms with Gasteiger partial charge in [0.1, 0.15) is 0 Å². The van der Waals surface area contributed by atoms with Crippen LogP contribution in [0.5, 0.6) is 11.5 Å². The minimum Gasteiger partial charge on any atom is -0.490 e. The van der Waals surface area contributed by atoms with Crippen molar-refractivity contribution >= 4 is 29.0 Å². The molecule has 0 atom stereocenters. The highest BCUT2D eigenvalue weighted by Gasteiger charge is 2.26. The number of esters is 1. The van der Waals surface area contributed by atoms with Crippen molar-refractivity contribution in [3.05, 3.63) is 83.4 Å². The van der Waals surface area contributed by atoms with E-state index in [-0.39, 0.29) is 24.5 Å². The van der Waals surface area contributed by atoms with E-state index in [1.807, 2.05) is 48.5 Å². The Morgan fingerprint density at radius 1 is 0.778 bits per heavy atom. The van der Waals surface area contributed by atoms with Crippen LogP contribution < -0.4 is 14.4 Å². The number of benzene rings is 3. The van der Waals surface area contributed by atoms with Gasteiger partial charge in [0.25, 0.3) is 5.91 Å². The number of hydrogen-bond donors (Lipinski definition) is 0. The van der Waals surface area contributed by atoms with Gasteiger partial charge in [0, 0.05) is 18.4 Å². The summed E-state index contributed by atoms with van der Waals surface area (Å²) in [4.78, 5) is 39.9. The number of carbonyl (C=O) groups is 3. The SMILES string of the molecule is O=C(CCC(=O)c1ccc2c(c1)OCCCO2)OCC(=O)N1c2ccccc2CCc2ccccc21. The van der Waals surface area contributed by atoms with E-state index in [0.717, 1.165) is 41.8 Å². The lowest BCUT2D eigenvalue weighted by molar-refractivity contribution is -0.147. The Kier molecular flexibility index (Phi) is 6.98. The molecule has 2 heterocycles. The summed E-state index contributed by atoms with van der Waals surface area (Å²) in [5.41, 5.74) is 4.17. The second-order valence-electron chi connectivity index (χ2n) is 8.78. The van der Waals surface area contributed by atoms with Gasteiger partial charge >= 0.3 is 5.97 Å². The molecule has 0 bridgehead atoms. The minimum atomic E-state index is -0.595. The Labute approximate surface area is 209 Å². The van der Waals surface area contributed by atoms with Crippen LogP contribution in [-0.2, 0) is 27.2 Å². The summed E-state index contributed by atoms with van der Waals surface area (Å²) in [6.07, 6.45) is 2.27. The fraction of sp³-hybridized carbons (Fsp3) is 0.276. The number of ether oxygens (including phenoxy) is 3. The largest absolute Gasteiger partial charge is 0.490 e. The Morgan fingerprint density at radius 2 is 1.42 bits per heavy atom. The zero-order valence-electron chi connectivity index (χ0n) is 19.9. The standard InChI is InChI=1S/C29H27NO6/c31-25(22-12-14-26-27(18-22)35-17-5-16-34-26)13-15-29(33)36-19-28(32)30-23-8-3-1-6-20(23)10-11-21-7-2-4-9-24(21)30/h1-4,6-9,12,14,18H,5,10-11,13,15-17,19H2. The number of amides is 1. The average Bonchev–Trinajstić information content (AvgIpc) is 3.24. The summed E-state index contributed by atoms with van der Waals surface area (Å²) in [7, 11) is 0. The van der Waals surface area contributed by atoms with Crippen LogP contribution in [0.15, 0.2) is 66.7 Å². The smallest absolute Gasteiger partial charge is 0.306 e. The van der Waals surface area contributed by atoms with Crippen molar-refractivity contribution in [1.82, 2.24) is 0 Å². The summed E-state index contributed by atoms with van der Waals surface area (Å²) in [5, 5.41) is 0. The molecule has 5 rings (SSSR count). The Morgan fingerprint density at radius 3 is 2.11 bits per heavy atom. The number of Topliss-reactive ketones (excluding diaryl/α,β-unsaturated/α-hetero) is 1. The number of aryl methyl sites for hydroxylation is 2. The molecule has 2 aliphatic rings. The lowest BCUT2D eigenvalue weighted by Gasteiger charge is -2.24. The molecule has 3 aromatic rings. The third kappa shape index (κ3) is 5.10. The van der Waals surface area contributed by atoms with Crippen molar-refractivity contribution in [3.63, 3.8) is 0 Å². The number of anilines is 2. The van der Waals surface area contributed by atoms with Crippen molar-refractivity contribution in [2.24, 2.45) is 0 Å². The van der Waals surface area contributed by atoms with Gasteiger partial charge in [-0.3, -0.25) is 19.3 Å². The third-order valence-electron chi connectivity index (χ3n) is 6.36. The van der Waals surface area contributed by atoms with E-state index in [1.165, 1.54) is 0 Å². The molecule has 0 aliphatic carbocycles. The van der Waals surface area contributed by atoms with Crippen molar-refractivity contribution in [2.45, 2.75) is 32.1 Å². The van der Waals surface area contributed by atoms with Crippen LogP contribution in [0, 0.1) is 0 Å². The average molecular weight is 486 g/mol. The number of carbonyl (C=O) groups excluding carboxylic acids is 3. The number of nitrogens with zero attached hydrogens (tertiary/aromatic N) is 1. The maximum absolute atomic E-state index is 13.3. The molecule has 0 unspecified atom stereocenters. The van der Waals surface area contributed by atoms with Gasteiger partial charge in [-0.25, -0.2) is 0 Å². The van der Waals surface area contributed by atoms with Crippen LogP contribution in [0.4, 0.5) is 11.4 Å². The zero-order chi connectivity index (χ0) is 24.9. The molecular weight excluding hydrogens is 458 g/mol. The Balaban J connectivity index is 1.21. The van der Waals surface area contributed by atoms with E-state index < -0.39 is 12.6 Å². The Hall–Kier alpha value is -4.13. The molecule has 0 saturated carbocycles. The number of fused-ring (bicyclic) bond motifs is 3. The van der Waals surface area contributed by atoms with E-state index >= 15 is 0 Å². The highest BCUT2D eigenvalue weighted by Crippen LogP contribution is 2.36. The minimum absolute atomic E-state index is 0.0257. The first-order valence-corrected chi connectivity index (χ1v) is 12.2. The fourth-order valence-corrected chi connectivity index (χ4v) is 4.52. The number of hydrogen-bond acceptors (Lipinski definition) is 6. The normalized spacial score (nSPS) is 14.1. The maximum Gasteiger partial charge on any atom is 0.306 e. The van der Waals surface area contributed by atoms with Gasteiger partial charge in [0.15, 0.2) is 23.9 Å².